The molecular formula is C19H29N3O2. The van der Waals surface area contributed by atoms with Crippen LogP contribution in [-0.4, -0.2) is 49.6 Å². The Kier molecular flexibility index (Phi) is 6.10. The molecule has 1 aromatic rings. The van der Waals surface area contributed by atoms with E-state index in [1.54, 1.807) is 0 Å². The van der Waals surface area contributed by atoms with Gasteiger partial charge in [0.2, 0.25) is 5.91 Å². The fourth-order valence-electron chi connectivity index (χ4n) is 3.87. The Balaban J connectivity index is 1.46. The number of likely N-dealkylation sites (tertiary alicyclic amines) is 1. The quantitative estimate of drug-likeness (QED) is 0.841. The second-order valence-corrected chi connectivity index (χ2v) is 6.79. The summed E-state index contributed by atoms with van der Waals surface area (Å²) >= 11 is 0. The molecule has 0 aliphatic carbocycles. The highest BCUT2D eigenvalue weighted by atomic mass is 16.5. The van der Waals surface area contributed by atoms with Crippen LogP contribution in [0.4, 0.5) is 5.69 Å². The first-order valence-corrected chi connectivity index (χ1v) is 9.23. The molecule has 0 radical (unpaired) electrons. The maximum atomic E-state index is 12.4. The lowest BCUT2D eigenvalue weighted by Crippen LogP contribution is -2.43. The molecule has 0 bridgehead atoms. The molecule has 2 heterocycles. The van der Waals surface area contributed by atoms with Gasteiger partial charge in [0, 0.05) is 6.04 Å². The first-order valence-electron chi connectivity index (χ1n) is 9.23. The van der Waals surface area contributed by atoms with Crippen LogP contribution in [0.1, 0.15) is 32.6 Å². The van der Waals surface area contributed by atoms with Crippen LogP contribution in [0.25, 0.3) is 0 Å². The van der Waals surface area contributed by atoms with Crippen LogP contribution < -0.4 is 15.4 Å². The highest BCUT2D eigenvalue weighted by Gasteiger charge is 2.28. The van der Waals surface area contributed by atoms with Gasteiger partial charge in [-0.05, 0) is 70.3 Å². The van der Waals surface area contributed by atoms with Crippen LogP contribution in [0.15, 0.2) is 24.3 Å². The molecule has 1 unspecified atom stereocenters. The number of carbonyl (C=O) groups excluding carboxylic acids is 1. The molecule has 2 aliphatic heterocycles. The second-order valence-electron chi connectivity index (χ2n) is 6.79. The predicted molar refractivity (Wildman–Crippen MR) is 96.4 cm³/mol. The summed E-state index contributed by atoms with van der Waals surface area (Å²) in [5, 5.41) is 6.61. The number of ether oxygens (including phenoxy) is 1. The van der Waals surface area contributed by atoms with Gasteiger partial charge in [-0.15, -0.1) is 0 Å². The van der Waals surface area contributed by atoms with Gasteiger partial charge in [-0.3, -0.25) is 9.69 Å². The van der Waals surface area contributed by atoms with Crippen molar-refractivity contribution < 1.29 is 9.53 Å². The SMILES string of the molecule is CCOc1ccccc1NC(=O)CN1CCC(C2CCCN2)CC1. The molecule has 5 nitrogen and oxygen atoms in total. The zero-order chi connectivity index (χ0) is 16.8. The Labute approximate surface area is 144 Å². The van der Waals surface area contributed by atoms with Crippen LogP contribution in [0.3, 0.4) is 0 Å². The van der Waals surface area contributed by atoms with Crippen LogP contribution in [0, 0.1) is 5.92 Å². The largest absolute Gasteiger partial charge is 0.492 e. The molecule has 2 aliphatic rings. The van der Waals surface area contributed by atoms with Crippen molar-refractivity contribution in [1.29, 1.82) is 0 Å². The Morgan fingerprint density at radius 1 is 1.29 bits per heavy atom. The number of carbonyl (C=O) groups is 1. The summed E-state index contributed by atoms with van der Waals surface area (Å²) < 4.78 is 5.56. The summed E-state index contributed by atoms with van der Waals surface area (Å²) in [5.41, 5.74) is 0.759. The van der Waals surface area contributed by atoms with E-state index >= 15 is 0 Å². The third-order valence-corrected chi connectivity index (χ3v) is 5.13. The summed E-state index contributed by atoms with van der Waals surface area (Å²) in [6.07, 6.45) is 5.02. The lowest BCUT2D eigenvalue weighted by Gasteiger charge is -2.34. The standard InChI is InChI=1S/C19H29N3O2/c1-2-24-18-8-4-3-6-17(18)21-19(23)14-22-12-9-15(10-13-22)16-7-5-11-20-16/h3-4,6,8,15-16,20H,2,5,7,9-14H2,1H3,(H,21,23). The molecule has 3 rings (SSSR count). The number of benzene rings is 1. The lowest BCUT2D eigenvalue weighted by molar-refractivity contribution is -0.117. The van der Waals surface area contributed by atoms with Gasteiger partial charge in [-0.25, -0.2) is 0 Å². The zero-order valence-electron chi connectivity index (χ0n) is 14.6. The zero-order valence-corrected chi connectivity index (χ0v) is 14.6. The van der Waals surface area contributed by atoms with Crippen molar-refractivity contribution in [2.45, 2.75) is 38.6 Å². The Morgan fingerprint density at radius 3 is 2.79 bits per heavy atom. The van der Waals surface area contributed by atoms with Crippen molar-refractivity contribution in [3.05, 3.63) is 24.3 Å². The van der Waals surface area contributed by atoms with Gasteiger partial charge in [0.05, 0.1) is 18.8 Å². The van der Waals surface area contributed by atoms with Crippen molar-refractivity contribution in [1.82, 2.24) is 10.2 Å². The predicted octanol–water partition coefficient (Wildman–Crippen LogP) is 2.49. The number of amides is 1. The fourth-order valence-corrected chi connectivity index (χ4v) is 3.87. The molecule has 1 amide bonds. The molecule has 2 fully saturated rings. The van der Waals surface area contributed by atoms with Gasteiger partial charge in [0.15, 0.2) is 0 Å². The second kappa shape index (κ2) is 8.49. The molecule has 0 spiro atoms. The lowest BCUT2D eigenvalue weighted by atomic mass is 9.88. The van der Waals surface area contributed by atoms with Gasteiger partial charge < -0.3 is 15.4 Å². The Bertz CT molecular complexity index is 535. The summed E-state index contributed by atoms with van der Waals surface area (Å²) in [6.45, 7) is 6.21. The molecule has 2 N–H and O–H groups in total. The van der Waals surface area contributed by atoms with Crippen LogP contribution in [0.2, 0.25) is 0 Å². The van der Waals surface area contributed by atoms with E-state index in [-0.39, 0.29) is 5.91 Å². The van der Waals surface area contributed by atoms with E-state index in [1.807, 2.05) is 31.2 Å². The van der Waals surface area contributed by atoms with E-state index in [4.69, 9.17) is 4.74 Å². The number of nitrogens with one attached hydrogen (secondary N) is 2. The maximum Gasteiger partial charge on any atom is 0.238 e. The van der Waals surface area contributed by atoms with E-state index in [2.05, 4.69) is 15.5 Å². The van der Waals surface area contributed by atoms with E-state index in [0.717, 1.165) is 30.4 Å². The number of nitrogens with zero attached hydrogens (tertiary/aromatic N) is 1. The summed E-state index contributed by atoms with van der Waals surface area (Å²) in [6, 6.07) is 8.32. The molecule has 2 saturated heterocycles. The molecule has 5 heteroatoms. The van der Waals surface area contributed by atoms with Crippen molar-refractivity contribution >= 4 is 11.6 Å². The van der Waals surface area contributed by atoms with Crippen molar-refractivity contribution in [2.24, 2.45) is 5.92 Å². The number of rotatable bonds is 6. The molecular weight excluding hydrogens is 302 g/mol. The number of piperidine rings is 1. The Hall–Kier alpha value is -1.59. The average Bonchev–Trinajstić information content (AvgIpc) is 3.12. The number of para-hydroxylation sites is 2. The summed E-state index contributed by atoms with van der Waals surface area (Å²) in [5.74, 6) is 1.56. The molecule has 132 valence electrons. The third-order valence-electron chi connectivity index (χ3n) is 5.13. The van der Waals surface area contributed by atoms with E-state index in [0.29, 0.717) is 19.2 Å². The van der Waals surface area contributed by atoms with Gasteiger partial charge >= 0.3 is 0 Å². The van der Waals surface area contributed by atoms with Crippen molar-refractivity contribution in [2.75, 3.05) is 38.1 Å². The maximum absolute atomic E-state index is 12.4. The highest BCUT2D eigenvalue weighted by Crippen LogP contribution is 2.26. The normalized spacial score (nSPS) is 22.5. The van der Waals surface area contributed by atoms with E-state index in [1.165, 1.54) is 32.2 Å². The van der Waals surface area contributed by atoms with Gasteiger partial charge in [0.25, 0.3) is 0 Å². The minimum atomic E-state index is 0.0413. The fraction of sp³-hybridized carbons (Fsp3) is 0.632. The number of hydrogen-bond acceptors (Lipinski definition) is 4. The van der Waals surface area contributed by atoms with E-state index < -0.39 is 0 Å². The van der Waals surface area contributed by atoms with Crippen LogP contribution in [-0.2, 0) is 4.79 Å². The molecule has 1 atom stereocenters. The Morgan fingerprint density at radius 2 is 2.08 bits per heavy atom. The minimum absolute atomic E-state index is 0.0413. The van der Waals surface area contributed by atoms with Crippen LogP contribution >= 0.6 is 0 Å². The third kappa shape index (κ3) is 4.48. The monoisotopic (exact) mass is 331 g/mol. The number of anilines is 1. The molecule has 24 heavy (non-hydrogen) atoms. The van der Waals surface area contributed by atoms with Gasteiger partial charge in [-0.2, -0.15) is 0 Å². The molecule has 0 saturated carbocycles. The number of hydrogen-bond donors (Lipinski definition) is 2. The molecule has 0 aromatic heterocycles. The summed E-state index contributed by atoms with van der Waals surface area (Å²) in [7, 11) is 0. The average molecular weight is 331 g/mol. The first kappa shape index (κ1) is 17.2. The van der Waals surface area contributed by atoms with Crippen LogP contribution in [0.5, 0.6) is 5.75 Å². The highest BCUT2D eigenvalue weighted by molar-refractivity contribution is 5.93. The molecule has 1 aromatic carbocycles. The van der Waals surface area contributed by atoms with Gasteiger partial charge in [0.1, 0.15) is 5.75 Å². The van der Waals surface area contributed by atoms with E-state index in [9.17, 15) is 4.79 Å². The minimum Gasteiger partial charge on any atom is -0.492 e. The first-order chi connectivity index (χ1) is 11.8. The van der Waals surface area contributed by atoms with Crippen molar-refractivity contribution in [3.63, 3.8) is 0 Å². The van der Waals surface area contributed by atoms with Gasteiger partial charge in [-0.1, -0.05) is 12.1 Å². The summed E-state index contributed by atoms with van der Waals surface area (Å²) in [4.78, 5) is 14.6. The topological polar surface area (TPSA) is 53.6 Å². The smallest absolute Gasteiger partial charge is 0.238 e. The van der Waals surface area contributed by atoms with Crippen molar-refractivity contribution in [3.8, 4) is 5.75 Å².